The van der Waals surface area contributed by atoms with Crippen LogP contribution in [0.25, 0.3) is 120 Å². The van der Waals surface area contributed by atoms with Crippen molar-refractivity contribution < 1.29 is 13.2 Å². The topological polar surface area (TPSA) is 18.6 Å². The summed E-state index contributed by atoms with van der Waals surface area (Å²) >= 11 is 0. The molecule has 74 heavy (non-hydrogen) atoms. The maximum atomic E-state index is 15.4. The van der Waals surface area contributed by atoms with Crippen LogP contribution in [0.5, 0.6) is 0 Å². The smallest absolute Gasteiger partial charge is 0.308 e. The molecule has 0 spiro atoms. The number of rotatable bonds is 7. The molecule has 0 aliphatic heterocycles. The third-order valence-electron chi connectivity index (χ3n) is 14.5. The van der Waals surface area contributed by atoms with E-state index in [9.17, 15) is 0 Å². The molecule has 0 atom stereocenters. The Bertz CT molecular complexity index is 4110. The minimum absolute atomic E-state index is 0.0330. The van der Waals surface area contributed by atoms with Gasteiger partial charge in [0.2, 0.25) is 0 Å². The van der Waals surface area contributed by atoms with Crippen LogP contribution in [0.15, 0.2) is 200 Å². The molecule has 10 aromatic carbocycles. The van der Waals surface area contributed by atoms with E-state index in [4.69, 9.17) is 13.1 Å². The van der Waals surface area contributed by atoms with E-state index in [0.29, 0.717) is 11.4 Å². The highest BCUT2D eigenvalue weighted by molar-refractivity contribution is 6.14. The third-order valence-corrected chi connectivity index (χ3v) is 14.5. The maximum Gasteiger partial charge on any atom is 0.415 e. The maximum absolute atomic E-state index is 15.4. The van der Waals surface area contributed by atoms with Crippen LogP contribution in [0, 0.1) is 40.8 Å². The Morgan fingerprint density at radius 2 is 0.662 bits per heavy atom. The summed E-state index contributed by atoms with van der Waals surface area (Å²) < 4.78 is 50.6. The van der Waals surface area contributed by atoms with Crippen molar-refractivity contribution in [3.8, 4) is 67.0 Å². The van der Waals surface area contributed by atoms with E-state index in [1.54, 1.807) is 12.1 Å². The van der Waals surface area contributed by atoms with Gasteiger partial charge in [0.1, 0.15) is 0 Å². The average Bonchev–Trinajstić information content (AvgIpc) is 3.92. The van der Waals surface area contributed by atoms with E-state index >= 15 is 13.2 Å². The van der Waals surface area contributed by atoms with Crippen molar-refractivity contribution in [1.29, 1.82) is 0 Å². The molecule has 7 heteroatoms. The molecule has 0 aliphatic rings. The number of halogens is 3. The Hall–Kier alpha value is -9.43. The van der Waals surface area contributed by atoms with Gasteiger partial charge in [-0.25, -0.2) is 9.69 Å². The standard InChI is InChI=1S/C67H45F3N4/c1-40-7-15-44(16-8-40)48-23-28-54-55-29-24-49(45-17-9-41(2)10-18-45)34-62(55)73(61(54)33-48)65-38-58(53-32-27-52(71-5)37-59(53)67(68,69)70)60(72-6)39-66(65)74-63-35-50(46-19-11-42(3)12-20-46)25-30-56(63)57-31-26-51(36-64(57)74)47-21-13-43(4)14-22-47/h7-39H,1-4H3. The molecule has 0 fully saturated rings. The van der Waals surface area contributed by atoms with Gasteiger partial charge in [0, 0.05) is 21.5 Å². The van der Waals surface area contributed by atoms with Gasteiger partial charge in [-0.3, -0.25) is 0 Å². The molecule has 4 nitrogen and oxygen atoms in total. The average molecular weight is 963 g/mol. The fourth-order valence-corrected chi connectivity index (χ4v) is 10.6. The molecule has 12 rings (SSSR count). The van der Waals surface area contributed by atoms with Gasteiger partial charge in [-0.1, -0.05) is 180 Å². The first-order chi connectivity index (χ1) is 35.8. The molecule has 0 amide bonds. The Morgan fingerprint density at radius 1 is 0.338 bits per heavy atom. The monoisotopic (exact) mass is 962 g/mol. The SMILES string of the molecule is [C-]#[N+]c1ccc(-c2cc(-n3c4cc(-c5ccc(C)cc5)ccc4c4ccc(-c5ccc(C)cc5)cc43)c(-n3c4cc(-c5ccc(C)cc5)ccc4c4ccc(-c5ccc(C)cc5)cc43)cc2[N+]#[C-])c(C(F)(F)F)c1. The lowest BCUT2D eigenvalue weighted by molar-refractivity contribution is -0.137. The molecule has 12 aromatic rings. The molecule has 0 saturated carbocycles. The number of aromatic nitrogens is 2. The highest BCUT2D eigenvalue weighted by Gasteiger charge is 2.35. The van der Waals surface area contributed by atoms with Crippen molar-refractivity contribution in [1.82, 2.24) is 9.13 Å². The summed E-state index contributed by atoms with van der Waals surface area (Å²) in [5.74, 6) is 0. The molecule has 0 saturated heterocycles. The number of hydrogen-bond acceptors (Lipinski definition) is 0. The molecule has 0 bridgehead atoms. The summed E-state index contributed by atoms with van der Waals surface area (Å²) in [7, 11) is 0. The Balaban J connectivity index is 1.27. The van der Waals surface area contributed by atoms with Crippen LogP contribution in [0.4, 0.5) is 24.5 Å². The Kier molecular flexibility index (Phi) is 10.9. The number of fused-ring (bicyclic) bond motifs is 6. The van der Waals surface area contributed by atoms with E-state index in [1.165, 1.54) is 12.1 Å². The summed E-state index contributed by atoms with van der Waals surface area (Å²) in [6, 6.07) is 66.6. The second-order valence-corrected chi connectivity index (χ2v) is 19.4. The Labute approximate surface area is 427 Å². The minimum Gasteiger partial charge on any atom is -0.308 e. The first kappa shape index (κ1) is 45.7. The molecule has 0 N–H and O–H groups in total. The minimum atomic E-state index is -4.83. The first-order valence-corrected chi connectivity index (χ1v) is 24.4. The van der Waals surface area contributed by atoms with Crippen molar-refractivity contribution in [2.24, 2.45) is 0 Å². The number of aryl methyl sites for hydroxylation is 4. The van der Waals surface area contributed by atoms with Crippen LogP contribution in [-0.2, 0) is 6.18 Å². The zero-order valence-electron chi connectivity index (χ0n) is 41.0. The van der Waals surface area contributed by atoms with Crippen molar-refractivity contribution >= 4 is 55.0 Å². The zero-order chi connectivity index (χ0) is 51.0. The van der Waals surface area contributed by atoms with Gasteiger partial charge in [0.05, 0.1) is 52.1 Å². The lowest BCUT2D eigenvalue weighted by Crippen LogP contribution is -2.08. The second-order valence-electron chi connectivity index (χ2n) is 19.4. The van der Waals surface area contributed by atoms with Crippen molar-refractivity contribution in [2.75, 3.05) is 0 Å². The lowest BCUT2D eigenvalue weighted by atomic mass is 9.95. The molecule has 354 valence electrons. The molecular weight excluding hydrogens is 918 g/mol. The van der Waals surface area contributed by atoms with Crippen molar-refractivity contribution in [3.63, 3.8) is 0 Å². The fraction of sp³-hybridized carbons (Fsp3) is 0.0746. The Morgan fingerprint density at radius 3 is 0.973 bits per heavy atom. The molecule has 2 heterocycles. The molecule has 0 radical (unpaired) electrons. The summed E-state index contributed by atoms with van der Waals surface area (Å²) in [6.07, 6.45) is -4.83. The van der Waals surface area contributed by atoms with Crippen LogP contribution < -0.4 is 0 Å². The molecule has 2 aromatic heterocycles. The quantitative estimate of drug-likeness (QED) is 0.142. The number of hydrogen-bond donors (Lipinski definition) is 0. The van der Waals surface area contributed by atoms with Crippen molar-refractivity contribution in [2.45, 2.75) is 33.9 Å². The van der Waals surface area contributed by atoms with Crippen LogP contribution in [0.2, 0.25) is 0 Å². The first-order valence-electron chi connectivity index (χ1n) is 24.4. The van der Waals surface area contributed by atoms with E-state index in [0.717, 1.165) is 116 Å². The predicted molar refractivity (Wildman–Crippen MR) is 299 cm³/mol. The fourth-order valence-electron chi connectivity index (χ4n) is 10.6. The summed E-state index contributed by atoms with van der Waals surface area (Å²) in [4.78, 5) is 7.44. The van der Waals surface area contributed by atoms with Crippen LogP contribution >= 0.6 is 0 Å². The molecule has 0 unspecified atom stereocenters. The summed E-state index contributed by atoms with van der Waals surface area (Å²) in [6.45, 7) is 24.7. The largest absolute Gasteiger partial charge is 0.415 e. The number of nitrogens with zero attached hydrogens (tertiary/aromatic N) is 4. The van der Waals surface area contributed by atoms with Gasteiger partial charge in [-0.2, -0.15) is 13.2 Å². The summed E-state index contributed by atoms with van der Waals surface area (Å²) in [5, 5.41) is 3.86. The summed E-state index contributed by atoms with van der Waals surface area (Å²) in [5.41, 5.74) is 16.0. The van der Waals surface area contributed by atoms with Crippen LogP contribution in [0.1, 0.15) is 27.8 Å². The highest BCUT2D eigenvalue weighted by Crippen LogP contribution is 2.48. The molecular formula is C67H45F3N4. The van der Waals surface area contributed by atoms with Gasteiger partial charge < -0.3 is 9.13 Å². The van der Waals surface area contributed by atoms with Crippen LogP contribution in [-0.4, -0.2) is 9.13 Å². The second kappa shape index (κ2) is 17.7. The van der Waals surface area contributed by atoms with Gasteiger partial charge in [-0.15, -0.1) is 0 Å². The van der Waals surface area contributed by atoms with Crippen LogP contribution in [0.3, 0.4) is 0 Å². The zero-order valence-corrected chi connectivity index (χ0v) is 41.0. The van der Waals surface area contributed by atoms with E-state index < -0.39 is 11.7 Å². The van der Waals surface area contributed by atoms with Gasteiger partial charge in [0.25, 0.3) is 0 Å². The number of benzene rings is 10. The van der Waals surface area contributed by atoms with Gasteiger partial charge >= 0.3 is 6.18 Å². The highest BCUT2D eigenvalue weighted by atomic mass is 19.4. The van der Waals surface area contributed by atoms with E-state index in [-0.39, 0.29) is 22.5 Å². The normalized spacial score (nSPS) is 11.7. The predicted octanol–water partition coefficient (Wildman–Crippen LogP) is 19.6. The van der Waals surface area contributed by atoms with E-state index in [1.807, 2.05) is 0 Å². The lowest BCUT2D eigenvalue weighted by Gasteiger charge is -2.22. The van der Waals surface area contributed by atoms with Gasteiger partial charge in [0.15, 0.2) is 11.4 Å². The van der Waals surface area contributed by atoms with Gasteiger partial charge in [-0.05, 0) is 126 Å². The van der Waals surface area contributed by atoms with E-state index in [2.05, 4.69) is 216 Å². The number of alkyl halides is 3. The van der Waals surface area contributed by atoms with Crippen molar-refractivity contribution in [3.05, 3.63) is 251 Å². The third kappa shape index (κ3) is 7.87. The molecule has 0 aliphatic carbocycles.